The number of amides is 1. The molecule has 4 heteroatoms. The van der Waals surface area contributed by atoms with Gasteiger partial charge in [-0.05, 0) is 48.1 Å². The topological polar surface area (TPSA) is 38.3 Å². The third kappa shape index (κ3) is 5.11. The van der Waals surface area contributed by atoms with Crippen LogP contribution in [0.1, 0.15) is 18.1 Å². The maximum Gasteiger partial charge on any atom is 0.258 e. The maximum absolute atomic E-state index is 11.8. The van der Waals surface area contributed by atoms with Crippen molar-refractivity contribution in [1.29, 1.82) is 0 Å². The Morgan fingerprint density at radius 1 is 1.14 bits per heavy atom. The molecular formula is C18H21NO2S. The molecule has 116 valence electrons. The molecule has 0 bridgehead atoms. The minimum Gasteiger partial charge on any atom is -0.484 e. The zero-order valence-electron chi connectivity index (χ0n) is 13.0. The van der Waals surface area contributed by atoms with Crippen LogP contribution in [0.5, 0.6) is 5.75 Å². The Bertz CT molecular complexity index is 611. The van der Waals surface area contributed by atoms with Crippen LogP contribution >= 0.6 is 11.8 Å². The molecule has 2 aromatic rings. The zero-order chi connectivity index (χ0) is 15.8. The van der Waals surface area contributed by atoms with Gasteiger partial charge >= 0.3 is 0 Å². The first-order chi connectivity index (χ1) is 10.7. The lowest BCUT2D eigenvalue weighted by Crippen LogP contribution is -2.28. The van der Waals surface area contributed by atoms with Gasteiger partial charge in [0.2, 0.25) is 0 Å². The van der Waals surface area contributed by atoms with E-state index in [1.165, 1.54) is 10.5 Å². The number of hydrogen-bond acceptors (Lipinski definition) is 3. The SMILES string of the molecule is CCc1cccc(OCC(=O)NCc2ccc(SC)cc2)c1. The van der Waals surface area contributed by atoms with E-state index in [0.29, 0.717) is 6.54 Å². The second-order valence-electron chi connectivity index (χ2n) is 4.91. The first kappa shape index (κ1) is 16.4. The van der Waals surface area contributed by atoms with Gasteiger partial charge in [0.05, 0.1) is 0 Å². The quantitative estimate of drug-likeness (QED) is 0.792. The highest BCUT2D eigenvalue weighted by Crippen LogP contribution is 2.15. The summed E-state index contributed by atoms with van der Waals surface area (Å²) in [6.07, 6.45) is 3.00. The molecule has 0 aliphatic heterocycles. The number of thioether (sulfide) groups is 1. The van der Waals surface area contributed by atoms with Gasteiger partial charge in [-0.3, -0.25) is 4.79 Å². The number of aryl methyl sites for hydroxylation is 1. The van der Waals surface area contributed by atoms with Gasteiger partial charge < -0.3 is 10.1 Å². The van der Waals surface area contributed by atoms with Gasteiger partial charge in [-0.2, -0.15) is 0 Å². The normalized spacial score (nSPS) is 10.3. The van der Waals surface area contributed by atoms with Crippen molar-refractivity contribution in [3.05, 3.63) is 59.7 Å². The number of carbonyl (C=O) groups is 1. The molecule has 3 nitrogen and oxygen atoms in total. The fourth-order valence-corrected chi connectivity index (χ4v) is 2.41. The van der Waals surface area contributed by atoms with E-state index >= 15 is 0 Å². The van der Waals surface area contributed by atoms with Crippen LogP contribution < -0.4 is 10.1 Å². The van der Waals surface area contributed by atoms with Gasteiger partial charge in [-0.15, -0.1) is 11.8 Å². The summed E-state index contributed by atoms with van der Waals surface area (Å²) in [5, 5.41) is 2.86. The Labute approximate surface area is 136 Å². The van der Waals surface area contributed by atoms with Crippen LogP contribution in [0.3, 0.4) is 0 Å². The zero-order valence-corrected chi connectivity index (χ0v) is 13.8. The smallest absolute Gasteiger partial charge is 0.258 e. The molecule has 0 saturated heterocycles. The second kappa shape index (κ2) is 8.49. The fourth-order valence-electron chi connectivity index (χ4n) is 2.00. The Kier molecular flexibility index (Phi) is 6.34. The molecule has 1 N–H and O–H groups in total. The molecule has 22 heavy (non-hydrogen) atoms. The van der Waals surface area contributed by atoms with Crippen LogP contribution in [0.2, 0.25) is 0 Å². The maximum atomic E-state index is 11.8. The molecule has 0 unspecified atom stereocenters. The lowest BCUT2D eigenvalue weighted by atomic mass is 10.2. The molecule has 0 aliphatic rings. The van der Waals surface area contributed by atoms with Gasteiger partial charge in [-0.1, -0.05) is 31.2 Å². The molecule has 2 rings (SSSR count). The summed E-state index contributed by atoms with van der Waals surface area (Å²) in [6.45, 7) is 2.65. The third-order valence-electron chi connectivity index (χ3n) is 3.33. The van der Waals surface area contributed by atoms with E-state index in [4.69, 9.17) is 4.74 Å². The summed E-state index contributed by atoms with van der Waals surface area (Å²) in [6, 6.07) is 16.0. The molecule has 0 spiro atoms. The van der Waals surface area contributed by atoms with Crippen molar-refractivity contribution >= 4 is 17.7 Å². The predicted molar refractivity (Wildman–Crippen MR) is 91.4 cm³/mol. The standard InChI is InChI=1S/C18H21NO2S/c1-3-14-5-4-6-16(11-14)21-13-18(20)19-12-15-7-9-17(22-2)10-8-15/h4-11H,3,12-13H2,1-2H3,(H,19,20). The molecule has 0 aromatic heterocycles. The van der Waals surface area contributed by atoms with E-state index < -0.39 is 0 Å². The Balaban J connectivity index is 1.77. The number of carbonyl (C=O) groups excluding carboxylic acids is 1. The van der Waals surface area contributed by atoms with Crippen LogP contribution in [0, 0.1) is 0 Å². The van der Waals surface area contributed by atoms with E-state index in [-0.39, 0.29) is 12.5 Å². The van der Waals surface area contributed by atoms with Gasteiger partial charge in [0.25, 0.3) is 5.91 Å². The summed E-state index contributed by atoms with van der Waals surface area (Å²) >= 11 is 1.70. The average Bonchev–Trinajstić information content (AvgIpc) is 2.58. The minimum absolute atomic E-state index is 0.0378. The molecule has 0 atom stereocenters. The van der Waals surface area contributed by atoms with Crippen LogP contribution in [0.25, 0.3) is 0 Å². The molecule has 0 heterocycles. The highest BCUT2D eigenvalue weighted by molar-refractivity contribution is 7.98. The van der Waals surface area contributed by atoms with Crippen molar-refractivity contribution in [3.63, 3.8) is 0 Å². The minimum atomic E-state index is -0.115. The third-order valence-corrected chi connectivity index (χ3v) is 4.07. The lowest BCUT2D eigenvalue weighted by Gasteiger charge is -2.09. The average molecular weight is 315 g/mol. The van der Waals surface area contributed by atoms with E-state index in [9.17, 15) is 4.79 Å². The largest absolute Gasteiger partial charge is 0.484 e. The molecule has 1 amide bonds. The van der Waals surface area contributed by atoms with E-state index in [1.54, 1.807) is 11.8 Å². The van der Waals surface area contributed by atoms with Crippen molar-refractivity contribution in [2.45, 2.75) is 24.8 Å². The fraction of sp³-hybridized carbons (Fsp3) is 0.278. The molecule has 0 aliphatic carbocycles. The van der Waals surface area contributed by atoms with E-state index in [2.05, 4.69) is 24.4 Å². The van der Waals surface area contributed by atoms with Crippen LogP contribution in [-0.4, -0.2) is 18.8 Å². The monoisotopic (exact) mass is 315 g/mol. The Morgan fingerprint density at radius 3 is 2.59 bits per heavy atom. The van der Waals surface area contributed by atoms with Crippen molar-refractivity contribution in [3.8, 4) is 5.75 Å². The van der Waals surface area contributed by atoms with Gasteiger partial charge in [-0.25, -0.2) is 0 Å². The highest BCUT2D eigenvalue weighted by atomic mass is 32.2. The van der Waals surface area contributed by atoms with Crippen LogP contribution in [-0.2, 0) is 17.8 Å². The van der Waals surface area contributed by atoms with E-state index in [1.807, 2.05) is 42.7 Å². The molecule has 2 aromatic carbocycles. The van der Waals surface area contributed by atoms with Gasteiger partial charge in [0.15, 0.2) is 6.61 Å². The summed E-state index contributed by atoms with van der Waals surface area (Å²) in [5.74, 6) is 0.620. The van der Waals surface area contributed by atoms with Gasteiger partial charge in [0.1, 0.15) is 5.75 Å². The first-order valence-corrected chi connectivity index (χ1v) is 8.55. The van der Waals surface area contributed by atoms with Crippen molar-refractivity contribution in [1.82, 2.24) is 5.32 Å². The Hall–Kier alpha value is -1.94. The summed E-state index contributed by atoms with van der Waals surface area (Å²) in [7, 11) is 0. The lowest BCUT2D eigenvalue weighted by molar-refractivity contribution is -0.123. The number of rotatable bonds is 7. The molecule has 0 saturated carbocycles. The van der Waals surface area contributed by atoms with Crippen LogP contribution in [0.4, 0.5) is 0 Å². The second-order valence-corrected chi connectivity index (χ2v) is 5.79. The number of hydrogen-bond donors (Lipinski definition) is 1. The first-order valence-electron chi connectivity index (χ1n) is 7.32. The van der Waals surface area contributed by atoms with E-state index in [0.717, 1.165) is 17.7 Å². The van der Waals surface area contributed by atoms with Crippen molar-refractivity contribution in [2.75, 3.05) is 12.9 Å². The summed E-state index contributed by atoms with van der Waals surface area (Å²) in [4.78, 5) is 13.0. The summed E-state index contributed by atoms with van der Waals surface area (Å²) < 4.78 is 5.52. The van der Waals surface area contributed by atoms with Crippen molar-refractivity contribution < 1.29 is 9.53 Å². The Morgan fingerprint density at radius 2 is 1.91 bits per heavy atom. The highest BCUT2D eigenvalue weighted by Gasteiger charge is 2.03. The number of nitrogens with one attached hydrogen (secondary N) is 1. The summed E-state index contributed by atoms with van der Waals surface area (Å²) in [5.41, 5.74) is 2.28. The van der Waals surface area contributed by atoms with Gasteiger partial charge in [0, 0.05) is 11.4 Å². The molecule has 0 radical (unpaired) electrons. The molecular weight excluding hydrogens is 294 g/mol. The van der Waals surface area contributed by atoms with Crippen LogP contribution in [0.15, 0.2) is 53.4 Å². The predicted octanol–water partition coefficient (Wildman–Crippen LogP) is 3.67. The molecule has 0 fully saturated rings. The number of ether oxygens (including phenoxy) is 1. The number of benzene rings is 2. The van der Waals surface area contributed by atoms with Crippen molar-refractivity contribution in [2.24, 2.45) is 0 Å².